The van der Waals surface area contributed by atoms with Crippen molar-refractivity contribution in [3.63, 3.8) is 0 Å². The number of piperidine rings is 1. The van der Waals surface area contributed by atoms with Crippen molar-refractivity contribution in [2.24, 2.45) is 0 Å². The Labute approximate surface area is 105 Å². The normalized spacial score (nSPS) is 27.6. The van der Waals surface area contributed by atoms with Crippen molar-refractivity contribution in [1.82, 2.24) is 10.2 Å². The highest BCUT2D eigenvalue weighted by Crippen LogP contribution is 2.30. The van der Waals surface area contributed by atoms with E-state index in [1.807, 2.05) is 4.90 Å². The van der Waals surface area contributed by atoms with E-state index in [0.717, 1.165) is 25.8 Å². The molecule has 5 nitrogen and oxygen atoms in total. The molecule has 1 aromatic heterocycles. The summed E-state index contributed by atoms with van der Waals surface area (Å²) in [4.78, 5) is 25.4. The first-order chi connectivity index (χ1) is 8.69. The van der Waals surface area contributed by atoms with Crippen molar-refractivity contribution in [3.05, 3.63) is 24.2 Å². The fraction of sp³-hybridized carbons (Fsp3) is 0.538. The van der Waals surface area contributed by atoms with Crippen LogP contribution >= 0.6 is 0 Å². The van der Waals surface area contributed by atoms with E-state index in [9.17, 15) is 9.59 Å². The van der Waals surface area contributed by atoms with Crippen molar-refractivity contribution in [2.75, 3.05) is 13.1 Å². The molecule has 3 heterocycles. The molecule has 1 atom stereocenters. The zero-order valence-electron chi connectivity index (χ0n) is 10.1. The van der Waals surface area contributed by atoms with Gasteiger partial charge in [-0.3, -0.25) is 9.59 Å². The summed E-state index contributed by atoms with van der Waals surface area (Å²) in [5, 5.41) is 3.04. The molecule has 2 aliphatic heterocycles. The average Bonchev–Trinajstić information content (AvgIpc) is 2.99. The molecule has 1 unspecified atom stereocenters. The van der Waals surface area contributed by atoms with Crippen LogP contribution in [-0.2, 0) is 4.79 Å². The molecule has 0 aliphatic carbocycles. The molecule has 0 radical (unpaired) electrons. The lowest BCUT2D eigenvalue weighted by Crippen LogP contribution is -2.55. The molecule has 0 saturated carbocycles. The summed E-state index contributed by atoms with van der Waals surface area (Å²) < 4.78 is 4.94. The second-order valence-corrected chi connectivity index (χ2v) is 5.17. The van der Waals surface area contributed by atoms with E-state index in [0.29, 0.717) is 18.5 Å². The molecule has 0 aromatic carbocycles. The quantitative estimate of drug-likeness (QED) is 0.811. The molecular weight excluding hydrogens is 232 g/mol. The van der Waals surface area contributed by atoms with E-state index in [2.05, 4.69) is 5.32 Å². The third kappa shape index (κ3) is 1.89. The predicted octanol–water partition coefficient (Wildman–Crippen LogP) is 1.16. The van der Waals surface area contributed by atoms with Crippen LogP contribution in [0.4, 0.5) is 0 Å². The first-order valence-electron chi connectivity index (χ1n) is 6.31. The van der Waals surface area contributed by atoms with Gasteiger partial charge in [0.1, 0.15) is 6.26 Å². The van der Waals surface area contributed by atoms with Crippen molar-refractivity contribution >= 4 is 11.8 Å². The van der Waals surface area contributed by atoms with Gasteiger partial charge in [0.15, 0.2) is 0 Å². The largest absolute Gasteiger partial charge is 0.472 e. The molecule has 2 aliphatic rings. The minimum Gasteiger partial charge on any atom is -0.472 e. The number of nitrogens with zero attached hydrogens (tertiary/aromatic N) is 1. The Hall–Kier alpha value is -1.78. The topological polar surface area (TPSA) is 62.6 Å². The lowest BCUT2D eigenvalue weighted by Gasteiger charge is -2.40. The number of furan rings is 1. The minimum atomic E-state index is -0.186. The lowest BCUT2D eigenvalue weighted by molar-refractivity contribution is -0.120. The van der Waals surface area contributed by atoms with Gasteiger partial charge in [0.2, 0.25) is 5.91 Å². The van der Waals surface area contributed by atoms with Crippen LogP contribution in [0.3, 0.4) is 0 Å². The molecule has 1 N–H and O–H groups in total. The summed E-state index contributed by atoms with van der Waals surface area (Å²) in [6, 6.07) is 1.68. The maximum Gasteiger partial charge on any atom is 0.257 e. The van der Waals surface area contributed by atoms with E-state index >= 15 is 0 Å². The highest BCUT2D eigenvalue weighted by Gasteiger charge is 2.42. The van der Waals surface area contributed by atoms with Crippen molar-refractivity contribution in [1.29, 1.82) is 0 Å². The van der Waals surface area contributed by atoms with Gasteiger partial charge in [-0.25, -0.2) is 0 Å². The van der Waals surface area contributed by atoms with Gasteiger partial charge in [-0.1, -0.05) is 0 Å². The summed E-state index contributed by atoms with van der Waals surface area (Å²) in [6.45, 7) is 1.37. The minimum absolute atomic E-state index is 0.0102. The van der Waals surface area contributed by atoms with Gasteiger partial charge in [-0.05, 0) is 25.3 Å². The maximum atomic E-state index is 12.2. The molecule has 2 saturated heterocycles. The Kier molecular flexibility index (Phi) is 2.61. The first kappa shape index (κ1) is 11.3. The van der Waals surface area contributed by atoms with Crippen LogP contribution in [0.15, 0.2) is 23.0 Å². The molecule has 1 aromatic rings. The van der Waals surface area contributed by atoms with Gasteiger partial charge >= 0.3 is 0 Å². The number of rotatable bonds is 1. The second-order valence-electron chi connectivity index (χ2n) is 5.17. The Morgan fingerprint density at radius 2 is 2.33 bits per heavy atom. The fourth-order valence-corrected chi connectivity index (χ4v) is 2.95. The monoisotopic (exact) mass is 248 g/mol. The van der Waals surface area contributed by atoms with Gasteiger partial charge in [0.05, 0.1) is 17.4 Å². The highest BCUT2D eigenvalue weighted by atomic mass is 16.3. The van der Waals surface area contributed by atoms with Gasteiger partial charge in [0.25, 0.3) is 5.91 Å². The fourth-order valence-electron chi connectivity index (χ4n) is 2.95. The molecule has 2 fully saturated rings. The van der Waals surface area contributed by atoms with Crippen LogP contribution in [0.2, 0.25) is 0 Å². The molecule has 96 valence electrons. The Bertz CT molecular complexity index is 469. The molecule has 2 amide bonds. The summed E-state index contributed by atoms with van der Waals surface area (Å²) in [5.41, 5.74) is 0.394. The van der Waals surface area contributed by atoms with Crippen LogP contribution in [0.5, 0.6) is 0 Å². The van der Waals surface area contributed by atoms with E-state index in [4.69, 9.17) is 4.42 Å². The molecule has 3 rings (SSSR count). The SMILES string of the molecule is O=C1CCC2(CCCN(C(=O)c3ccoc3)C2)N1. The van der Waals surface area contributed by atoms with E-state index in [-0.39, 0.29) is 17.4 Å². The number of carbonyl (C=O) groups is 2. The smallest absolute Gasteiger partial charge is 0.257 e. The number of likely N-dealkylation sites (tertiary alicyclic amines) is 1. The van der Waals surface area contributed by atoms with Crippen molar-refractivity contribution < 1.29 is 14.0 Å². The number of hydrogen-bond acceptors (Lipinski definition) is 3. The van der Waals surface area contributed by atoms with Crippen LogP contribution in [-0.4, -0.2) is 35.3 Å². The standard InChI is InChI=1S/C13H16N2O3/c16-11-2-5-13(14-11)4-1-6-15(9-13)12(17)10-3-7-18-8-10/h3,7-8H,1-2,4-6,9H2,(H,14,16). The van der Waals surface area contributed by atoms with Gasteiger partial charge in [-0.15, -0.1) is 0 Å². The molecular formula is C13H16N2O3. The van der Waals surface area contributed by atoms with Crippen LogP contribution in [0.1, 0.15) is 36.0 Å². The Balaban J connectivity index is 1.75. The number of amides is 2. The molecule has 0 bridgehead atoms. The molecule has 1 spiro atoms. The Morgan fingerprint density at radius 3 is 3.00 bits per heavy atom. The summed E-state index contributed by atoms with van der Waals surface area (Å²) in [7, 11) is 0. The van der Waals surface area contributed by atoms with E-state index < -0.39 is 0 Å². The number of hydrogen-bond donors (Lipinski definition) is 1. The maximum absolute atomic E-state index is 12.2. The van der Waals surface area contributed by atoms with Crippen LogP contribution < -0.4 is 5.32 Å². The first-order valence-corrected chi connectivity index (χ1v) is 6.31. The van der Waals surface area contributed by atoms with Crippen molar-refractivity contribution in [2.45, 2.75) is 31.2 Å². The zero-order chi connectivity index (χ0) is 12.6. The van der Waals surface area contributed by atoms with Crippen molar-refractivity contribution in [3.8, 4) is 0 Å². The van der Waals surface area contributed by atoms with Gasteiger partial charge in [-0.2, -0.15) is 0 Å². The predicted molar refractivity (Wildman–Crippen MR) is 64.0 cm³/mol. The third-order valence-corrected chi connectivity index (χ3v) is 3.87. The lowest BCUT2D eigenvalue weighted by atomic mass is 9.87. The summed E-state index contributed by atoms with van der Waals surface area (Å²) >= 11 is 0. The van der Waals surface area contributed by atoms with Gasteiger partial charge < -0.3 is 14.6 Å². The summed E-state index contributed by atoms with van der Waals surface area (Å²) in [6.07, 6.45) is 6.29. The Morgan fingerprint density at radius 1 is 1.44 bits per heavy atom. The van der Waals surface area contributed by atoms with Gasteiger partial charge in [0, 0.05) is 19.5 Å². The second kappa shape index (κ2) is 4.15. The third-order valence-electron chi connectivity index (χ3n) is 3.87. The highest BCUT2D eigenvalue weighted by molar-refractivity contribution is 5.94. The number of nitrogens with one attached hydrogen (secondary N) is 1. The average molecular weight is 248 g/mol. The molecule has 5 heteroatoms. The van der Waals surface area contributed by atoms with E-state index in [1.165, 1.54) is 12.5 Å². The van der Waals surface area contributed by atoms with Crippen LogP contribution in [0, 0.1) is 0 Å². The van der Waals surface area contributed by atoms with Crippen LogP contribution in [0.25, 0.3) is 0 Å². The summed E-state index contributed by atoms with van der Waals surface area (Å²) in [5.74, 6) is 0.0941. The van der Waals surface area contributed by atoms with E-state index in [1.54, 1.807) is 6.07 Å². The zero-order valence-corrected chi connectivity index (χ0v) is 10.1. The molecule has 18 heavy (non-hydrogen) atoms. The number of carbonyl (C=O) groups excluding carboxylic acids is 2.